The lowest BCUT2D eigenvalue weighted by Crippen LogP contribution is -2.55. The molecular weight excluding hydrogens is 739 g/mol. The highest BCUT2D eigenvalue weighted by molar-refractivity contribution is 6.35. The number of carbonyl (C=O) groups excluding carboxylic acids is 2. The summed E-state index contributed by atoms with van der Waals surface area (Å²) in [4.78, 5) is 30.5. The van der Waals surface area contributed by atoms with E-state index in [1.54, 1.807) is 64.7 Å². The summed E-state index contributed by atoms with van der Waals surface area (Å²) in [5, 5.41) is 4.35. The van der Waals surface area contributed by atoms with E-state index in [9.17, 15) is 9.59 Å². The van der Waals surface area contributed by atoms with Crippen LogP contribution in [0.2, 0.25) is 0 Å². The average Bonchev–Trinajstić information content (AvgIpc) is 3.21. The number of esters is 2. The Kier molecular flexibility index (Phi) is 14.5. The van der Waals surface area contributed by atoms with E-state index < -0.39 is 17.6 Å². The molecule has 294 valence electrons. The Balaban J connectivity index is 1.41. The first-order valence-corrected chi connectivity index (χ1v) is 19.4. The Morgan fingerprint density at radius 1 is 0.964 bits per heavy atom. The summed E-state index contributed by atoms with van der Waals surface area (Å²) in [5.74, 6) is 0.998. The number of fused-ring (bicyclic) bond motifs is 3. The number of rotatable bonds is 17. The van der Waals surface area contributed by atoms with E-state index in [1.807, 2.05) is 50.2 Å². The molecule has 2 bridgehead atoms. The van der Waals surface area contributed by atoms with Crippen LogP contribution in [0.5, 0.6) is 17.2 Å². The number of methoxy groups -OCH3 is 3. The molecule has 3 aromatic rings. The maximum atomic E-state index is 14.2. The number of nitrogens with one attached hydrogen (secondary N) is 1. The van der Waals surface area contributed by atoms with Gasteiger partial charge in [0.1, 0.15) is 23.5 Å². The van der Waals surface area contributed by atoms with Crippen molar-refractivity contribution in [2.75, 3.05) is 41.0 Å². The molecule has 3 atom stereocenters. The monoisotopic (exact) mass is 790 g/mol. The minimum absolute atomic E-state index is 0.170. The Labute approximate surface area is 335 Å². The fourth-order valence-corrected chi connectivity index (χ4v) is 7.76. The fourth-order valence-electron chi connectivity index (χ4n) is 7.16. The smallest absolute Gasteiger partial charge is 0.338 e. The highest BCUT2D eigenvalue weighted by Gasteiger charge is 2.43. The largest absolute Gasteiger partial charge is 0.496 e. The van der Waals surface area contributed by atoms with Crippen molar-refractivity contribution in [2.24, 2.45) is 5.92 Å². The van der Waals surface area contributed by atoms with Gasteiger partial charge in [-0.2, -0.15) is 0 Å². The predicted molar refractivity (Wildman–Crippen MR) is 217 cm³/mol. The van der Waals surface area contributed by atoms with E-state index in [-0.39, 0.29) is 25.0 Å². The third kappa shape index (κ3) is 10.1. The van der Waals surface area contributed by atoms with Crippen molar-refractivity contribution in [1.82, 2.24) is 10.2 Å². The molecule has 0 spiro atoms. The fraction of sp³-hybridized carbons (Fsp3) is 0.409. The van der Waals surface area contributed by atoms with Crippen molar-refractivity contribution >= 4 is 35.1 Å². The second-order valence-corrected chi connectivity index (χ2v) is 15.2. The maximum Gasteiger partial charge on any atom is 0.338 e. The third-order valence-electron chi connectivity index (χ3n) is 10.6. The number of allylic oxidation sites excluding steroid dienone is 4. The molecule has 3 saturated heterocycles. The van der Waals surface area contributed by atoms with Crippen LogP contribution in [0.4, 0.5) is 0 Å². The molecule has 3 heterocycles. The topological polar surface area (TPSA) is 95.6 Å². The summed E-state index contributed by atoms with van der Waals surface area (Å²) in [6.07, 6.45) is 3.74. The lowest BCUT2D eigenvalue weighted by atomic mass is 9.85. The molecule has 6 rings (SSSR count). The number of hydrogen-bond donors (Lipinski definition) is 1. The molecule has 3 aliphatic rings. The van der Waals surface area contributed by atoms with E-state index in [4.69, 9.17) is 46.9 Å². The molecule has 0 aliphatic carbocycles. The molecule has 3 aromatic carbocycles. The van der Waals surface area contributed by atoms with Gasteiger partial charge in [-0.1, -0.05) is 78.7 Å². The van der Waals surface area contributed by atoms with Crippen LogP contribution in [0.25, 0.3) is 0 Å². The van der Waals surface area contributed by atoms with Gasteiger partial charge in [-0.15, -0.1) is 0 Å². The van der Waals surface area contributed by atoms with E-state index in [1.165, 1.54) is 0 Å². The van der Waals surface area contributed by atoms with Crippen molar-refractivity contribution in [3.63, 3.8) is 0 Å². The third-order valence-corrected chi connectivity index (χ3v) is 11.2. The van der Waals surface area contributed by atoms with Crippen molar-refractivity contribution in [2.45, 2.75) is 70.7 Å². The molecule has 3 aliphatic heterocycles. The van der Waals surface area contributed by atoms with Crippen molar-refractivity contribution in [1.29, 1.82) is 0 Å². The van der Waals surface area contributed by atoms with Crippen LogP contribution in [-0.4, -0.2) is 63.9 Å². The summed E-state index contributed by atoms with van der Waals surface area (Å²) in [7, 11) is 4.68. The maximum absolute atomic E-state index is 14.2. The lowest BCUT2D eigenvalue weighted by molar-refractivity contribution is -0.167. The molecular formula is C44H52Cl2N2O7. The lowest BCUT2D eigenvalue weighted by Gasteiger charge is -2.45. The normalized spacial score (nSPS) is 20.1. The number of halogens is 2. The highest BCUT2D eigenvalue weighted by Crippen LogP contribution is 2.39. The minimum atomic E-state index is -1.26. The molecule has 11 heteroatoms. The second kappa shape index (κ2) is 19.0. The molecule has 0 saturated carbocycles. The molecule has 0 radical (unpaired) electrons. The number of nitrogens with zero attached hydrogens (tertiary/aromatic N) is 1. The van der Waals surface area contributed by atoms with E-state index >= 15 is 0 Å². The van der Waals surface area contributed by atoms with Gasteiger partial charge in [0, 0.05) is 35.1 Å². The zero-order valence-electron chi connectivity index (χ0n) is 32.6. The summed E-state index contributed by atoms with van der Waals surface area (Å²) < 4.78 is 29.3. The number of para-hydroxylation sites is 1. The van der Waals surface area contributed by atoms with Gasteiger partial charge < -0.3 is 23.7 Å². The number of hydrogen-bond acceptors (Lipinski definition) is 9. The Morgan fingerprint density at radius 2 is 1.67 bits per heavy atom. The van der Waals surface area contributed by atoms with Gasteiger partial charge in [0.05, 0.1) is 26.9 Å². The number of carbonyl (C=O) groups is 2. The Hall–Kier alpha value is -4.28. The standard InChI is InChI=1S/C44H52Cl2N2O7/c1-8-28(2)22-36(46)34(29(3)45)25-39(32-16-17-38(52-6)40(24-32)53-7)54-42(49)33-13-11-12-30(23-33)26-47-44(4,35-14-9-10-15-37(35)51-5)43(50)55-41-27-48-20-18-31(41)19-21-48/h9-17,22-24,31,39,41,47H,2,8,18-21,25-27H2,1,3-7H3. The van der Waals surface area contributed by atoms with Gasteiger partial charge in [0.2, 0.25) is 0 Å². The predicted octanol–water partition coefficient (Wildman–Crippen LogP) is 9.24. The van der Waals surface area contributed by atoms with Gasteiger partial charge in [-0.3, -0.25) is 10.2 Å². The molecule has 1 N–H and O–H groups in total. The van der Waals surface area contributed by atoms with Crippen LogP contribution in [0, 0.1) is 5.92 Å². The molecule has 0 amide bonds. The van der Waals surface area contributed by atoms with Crippen LogP contribution in [0.15, 0.2) is 101 Å². The van der Waals surface area contributed by atoms with Crippen molar-refractivity contribution < 1.29 is 33.3 Å². The van der Waals surface area contributed by atoms with Crippen LogP contribution >= 0.6 is 23.2 Å². The first kappa shape index (κ1) is 41.9. The second-order valence-electron chi connectivity index (χ2n) is 14.2. The number of piperidine rings is 3. The molecule has 3 fully saturated rings. The quantitative estimate of drug-likeness (QED) is 0.106. The highest BCUT2D eigenvalue weighted by atomic mass is 35.5. The summed E-state index contributed by atoms with van der Waals surface area (Å²) >= 11 is 13.4. The molecule has 55 heavy (non-hydrogen) atoms. The first-order chi connectivity index (χ1) is 26.4. The Morgan fingerprint density at radius 3 is 2.31 bits per heavy atom. The van der Waals surface area contributed by atoms with Crippen molar-refractivity contribution in [3.05, 3.63) is 123 Å². The van der Waals surface area contributed by atoms with Crippen LogP contribution in [0.3, 0.4) is 0 Å². The SMILES string of the molecule is C=C(C=C(Cl)C(CC(OC(=O)c1cccc(CNC(C)(C(=O)OC2CN3CCC2CC3)c2ccccc2OC)c1)c1ccc(OC)c(OC)c1)=C(C)Cl)CC. The minimum Gasteiger partial charge on any atom is -0.496 e. The van der Waals surface area contributed by atoms with Crippen LogP contribution in [-0.2, 0) is 26.4 Å². The van der Waals surface area contributed by atoms with E-state index in [0.29, 0.717) is 61.9 Å². The van der Waals surface area contributed by atoms with E-state index in [0.717, 1.165) is 43.6 Å². The van der Waals surface area contributed by atoms with Crippen LogP contribution in [0.1, 0.15) is 79.6 Å². The zero-order valence-corrected chi connectivity index (χ0v) is 34.1. The zero-order chi connectivity index (χ0) is 39.7. The number of ether oxygens (including phenoxy) is 5. The first-order valence-electron chi connectivity index (χ1n) is 18.6. The van der Waals surface area contributed by atoms with E-state index in [2.05, 4.69) is 16.8 Å². The van der Waals surface area contributed by atoms with Gasteiger partial charge in [0.15, 0.2) is 11.5 Å². The van der Waals surface area contributed by atoms with Gasteiger partial charge >= 0.3 is 11.9 Å². The number of benzene rings is 3. The molecule has 9 nitrogen and oxygen atoms in total. The summed E-state index contributed by atoms with van der Waals surface area (Å²) in [5.41, 5.74) is 2.59. The summed E-state index contributed by atoms with van der Waals surface area (Å²) in [6, 6.07) is 19.9. The van der Waals surface area contributed by atoms with Gasteiger partial charge in [-0.05, 0) is 105 Å². The summed E-state index contributed by atoms with van der Waals surface area (Å²) in [6.45, 7) is 12.7. The molecule has 0 aromatic heterocycles. The van der Waals surface area contributed by atoms with Gasteiger partial charge in [0.25, 0.3) is 0 Å². The van der Waals surface area contributed by atoms with Gasteiger partial charge in [-0.25, -0.2) is 9.59 Å². The Bertz CT molecular complexity index is 1920. The van der Waals surface area contributed by atoms with Crippen LogP contribution < -0.4 is 19.5 Å². The molecule has 3 unspecified atom stereocenters. The average molecular weight is 792 g/mol. The van der Waals surface area contributed by atoms with Crippen molar-refractivity contribution in [3.8, 4) is 17.2 Å².